The van der Waals surface area contributed by atoms with Crippen LogP contribution < -0.4 is 5.73 Å². The van der Waals surface area contributed by atoms with E-state index in [0.29, 0.717) is 6.54 Å². The quantitative estimate of drug-likeness (QED) is 0.877. The lowest BCUT2D eigenvalue weighted by Crippen LogP contribution is -2.41. The first-order valence-corrected chi connectivity index (χ1v) is 7.38. The molecule has 1 fully saturated rings. The highest BCUT2D eigenvalue weighted by Gasteiger charge is 2.41. The lowest BCUT2D eigenvalue weighted by Gasteiger charge is -2.43. The molecule has 0 bridgehead atoms. The van der Waals surface area contributed by atoms with Crippen LogP contribution >= 0.6 is 0 Å². The molecular formula is C16H26N2O. The number of aliphatic hydroxyl groups is 1. The van der Waals surface area contributed by atoms with Crippen LogP contribution in [0.2, 0.25) is 0 Å². The molecule has 3 heteroatoms. The monoisotopic (exact) mass is 262 g/mol. The van der Waals surface area contributed by atoms with Crippen molar-refractivity contribution in [1.29, 1.82) is 0 Å². The second-order valence-electron chi connectivity index (χ2n) is 6.31. The van der Waals surface area contributed by atoms with Gasteiger partial charge in [0.2, 0.25) is 0 Å². The summed E-state index contributed by atoms with van der Waals surface area (Å²) in [5.74, 6) is 1.50. The van der Waals surface area contributed by atoms with Crippen molar-refractivity contribution in [3.05, 3.63) is 30.1 Å². The Balaban J connectivity index is 2.12. The first-order chi connectivity index (χ1) is 9.09. The van der Waals surface area contributed by atoms with Gasteiger partial charge in [-0.15, -0.1) is 0 Å². The maximum absolute atomic E-state index is 10.7. The number of hydrogen-bond donors (Lipinski definition) is 2. The van der Waals surface area contributed by atoms with Gasteiger partial charge in [-0.05, 0) is 49.7 Å². The molecule has 0 radical (unpaired) electrons. The van der Waals surface area contributed by atoms with Crippen molar-refractivity contribution in [3.63, 3.8) is 0 Å². The van der Waals surface area contributed by atoms with Gasteiger partial charge in [0, 0.05) is 18.2 Å². The minimum Gasteiger partial charge on any atom is -0.386 e. The van der Waals surface area contributed by atoms with E-state index in [-0.39, 0.29) is 5.41 Å². The molecule has 1 aromatic rings. The third-order valence-corrected chi connectivity index (χ3v) is 4.92. The Morgan fingerprint density at radius 1 is 1.37 bits per heavy atom. The summed E-state index contributed by atoms with van der Waals surface area (Å²) in [5.41, 5.74) is 6.59. The Hall–Kier alpha value is -0.930. The molecule has 1 aliphatic rings. The van der Waals surface area contributed by atoms with Crippen LogP contribution in [0.1, 0.15) is 51.3 Å². The molecule has 1 unspecified atom stereocenters. The van der Waals surface area contributed by atoms with E-state index in [1.165, 1.54) is 12.8 Å². The average molecular weight is 262 g/mol. The summed E-state index contributed by atoms with van der Waals surface area (Å²) in [5, 5.41) is 10.7. The van der Waals surface area contributed by atoms with Crippen molar-refractivity contribution < 1.29 is 5.11 Å². The van der Waals surface area contributed by atoms with E-state index in [0.717, 1.165) is 30.4 Å². The lowest BCUT2D eigenvalue weighted by molar-refractivity contribution is -0.0173. The second kappa shape index (κ2) is 6.02. The largest absolute Gasteiger partial charge is 0.386 e. The van der Waals surface area contributed by atoms with Gasteiger partial charge in [0.25, 0.3) is 0 Å². The summed E-state index contributed by atoms with van der Waals surface area (Å²) in [4.78, 5) is 4.30. The van der Waals surface area contributed by atoms with E-state index in [4.69, 9.17) is 5.73 Å². The molecule has 0 spiro atoms. The van der Waals surface area contributed by atoms with Gasteiger partial charge in [-0.3, -0.25) is 4.98 Å². The minimum absolute atomic E-state index is 0.181. The van der Waals surface area contributed by atoms with Crippen LogP contribution in [0.5, 0.6) is 0 Å². The van der Waals surface area contributed by atoms with Gasteiger partial charge >= 0.3 is 0 Å². The highest BCUT2D eigenvalue weighted by molar-refractivity contribution is 5.11. The Morgan fingerprint density at radius 2 is 2.05 bits per heavy atom. The fraction of sp³-hybridized carbons (Fsp3) is 0.688. The van der Waals surface area contributed by atoms with Crippen molar-refractivity contribution in [2.75, 3.05) is 6.54 Å². The number of rotatable bonds is 4. The summed E-state index contributed by atoms with van der Waals surface area (Å²) in [6, 6.07) is 5.70. The van der Waals surface area contributed by atoms with E-state index in [1.54, 1.807) is 6.20 Å². The van der Waals surface area contributed by atoms with Gasteiger partial charge in [0.15, 0.2) is 0 Å². The highest BCUT2D eigenvalue weighted by atomic mass is 16.3. The number of nitrogens with zero attached hydrogens (tertiary/aromatic N) is 1. The summed E-state index contributed by atoms with van der Waals surface area (Å²) in [6.07, 6.45) is 5.54. The Labute approximate surface area is 116 Å². The van der Waals surface area contributed by atoms with Crippen molar-refractivity contribution >= 4 is 0 Å². The van der Waals surface area contributed by atoms with E-state index in [2.05, 4.69) is 18.8 Å². The Morgan fingerprint density at radius 3 is 2.53 bits per heavy atom. The Kier molecular flexibility index (Phi) is 4.58. The van der Waals surface area contributed by atoms with Crippen LogP contribution in [0, 0.1) is 17.3 Å². The molecule has 1 atom stereocenters. The van der Waals surface area contributed by atoms with Crippen molar-refractivity contribution in [2.45, 2.75) is 45.6 Å². The molecule has 3 N–H and O–H groups in total. The maximum Gasteiger partial charge on any atom is 0.103 e. The lowest BCUT2D eigenvalue weighted by atomic mass is 9.64. The number of aromatic nitrogens is 1. The molecule has 0 aromatic carbocycles. The summed E-state index contributed by atoms with van der Waals surface area (Å²) in [7, 11) is 0. The first kappa shape index (κ1) is 14.5. The normalized spacial score (nSPS) is 29.4. The fourth-order valence-corrected chi connectivity index (χ4v) is 3.32. The summed E-state index contributed by atoms with van der Waals surface area (Å²) in [6.45, 7) is 5.11. The number of aliphatic hydroxyl groups excluding tert-OH is 1. The second-order valence-corrected chi connectivity index (χ2v) is 6.31. The Bertz CT molecular complexity index is 383. The van der Waals surface area contributed by atoms with Crippen LogP contribution in [-0.4, -0.2) is 16.6 Å². The fourth-order valence-electron chi connectivity index (χ4n) is 3.32. The van der Waals surface area contributed by atoms with E-state index in [1.807, 2.05) is 18.2 Å². The van der Waals surface area contributed by atoms with E-state index < -0.39 is 6.10 Å². The summed E-state index contributed by atoms with van der Waals surface area (Å²) >= 11 is 0. The van der Waals surface area contributed by atoms with Gasteiger partial charge in [-0.1, -0.05) is 19.9 Å². The molecule has 106 valence electrons. The third-order valence-electron chi connectivity index (χ3n) is 4.92. The zero-order valence-corrected chi connectivity index (χ0v) is 12.0. The van der Waals surface area contributed by atoms with Crippen molar-refractivity contribution in [3.8, 4) is 0 Å². The number of nitrogens with two attached hydrogens (primary N) is 1. The maximum atomic E-state index is 10.7. The van der Waals surface area contributed by atoms with Crippen molar-refractivity contribution in [2.24, 2.45) is 23.0 Å². The molecule has 1 aromatic heterocycles. The molecule has 0 amide bonds. The minimum atomic E-state index is -0.535. The van der Waals surface area contributed by atoms with Gasteiger partial charge in [0.05, 0.1) is 5.69 Å². The zero-order valence-electron chi connectivity index (χ0n) is 12.0. The van der Waals surface area contributed by atoms with Gasteiger partial charge in [0.1, 0.15) is 6.10 Å². The van der Waals surface area contributed by atoms with Gasteiger partial charge in [-0.25, -0.2) is 0 Å². The third kappa shape index (κ3) is 2.98. The van der Waals surface area contributed by atoms with E-state index in [9.17, 15) is 5.11 Å². The molecule has 1 heterocycles. The molecule has 1 aliphatic carbocycles. The van der Waals surface area contributed by atoms with Crippen LogP contribution in [0.15, 0.2) is 24.4 Å². The van der Waals surface area contributed by atoms with Crippen LogP contribution in [0.3, 0.4) is 0 Å². The number of hydrogen-bond acceptors (Lipinski definition) is 3. The van der Waals surface area contributed by atoms with Crippen molar-refractivity contribution in [1.82, 2.24) is 4.98 Å². The molecule has 19 heavy (non-hydrogen) atoms. The molecule has 0 saturated heterocycles. The van der Waals surface area contributed by atoms with E-state index >= 15 is 0 Å². The van der Waals surface area contributed by atoms with Crippen LogP contribution in [-0.2, 0) is 0 Å². The van der Waals surface area contributed by atoms with Crippen LogP contribution in [0.4, 0.5) is 0 Å². The molecule has 0 aliphatic heterocycles. The molecule has 1 saturated carbocycles. The molecule has 3 nitrogen and oxygen atoms in total. The van der Waals surface area contributed by atoms with Crippen LogP contribution in [0.25, 0.3) is 0 Å². The SMILES string of the molecule is CC(C)C1CCC(CN)(C(O)c2ccccn2)CC1. The highest BCUT2D eigenvalue weighted by Crippen LogP contribution is 2.47. The zero-order chi connectivity index (χ0) is 13.9. The standard InChI is InChI=1S/C16H26N2O/c1-12(2)13-6-8-16(11-17,9-7-13)15(19)14-5-3-4-10-18-14/h3-5,10,12-13,15,19H,6-9,11,17H2,1-2H3. The van der Waals surface area contributed by atoms with Gasteiger partial charge in [-0.2, -0.15) is 0 Å². The van der Waals surface area contributed by atoms with Gasteiger partial charge < -0.3 is 10.8 Å². The number of pyridine rings is 1. The smallest absolute Gasteiger partial charge is 0.103 e. The molecular weight excluding hydrogens is 236 g/mol. The molecule has 2 rings (SSSR count). The summed E-state index contributed by atoms with van der Waals surface area (Å²) < 4.78 is 0. The predicted octanol–water partition coefficient (Wildman–Crippen LogP) is 2.91. The first-order valence-electron chi connectivity index (χ1n) is 7.38. The topological polar surface area (TPSA) is 59.1 Å². The predicted molar refractivity (Wildman–Crippen MR) is 77.5 cm³/mol. The average Bonchev–Trinajstić information content (AvgIpc) is 2.47.